The molecule has 3 N–H and O–H groups in total. The number of halogens is 1. The van der Waals surface area contributed by atoms with Gasteiger partial charge in [-0.25, -0.2) is 14.4 Å². The van der Waals surface area contributed by atoms with Crippen molar-refractivity contribution in [1.29, 1.82) is 5.41 Å². The van der Waals surface area contributed by atoms with Crippen molar-refractivity contribution in [3.05, 3.63) is 48.0 Å². The number of aromatic nitrogens is 4. The van der Waals surface area contributed by atoms with E-state index in [1.807, 2.05) is 46.1 Å². The predicted molar refractivity (Wildman–Crippen MR) is 121 cm³/mol. The quantitative estimate of drug-likeness (QED) is 0.424. The van der Waals surface area contributed by atoms with Gasteiger partial charge in [0.1, 0.15) is 12.4 Å². The molecule has 0 radical (unpaired) electrons. The van der Waals surface area contributed by atoms with E-state index >= 15 is 0 Å². The lowest BCUT2D eigenvalue weighted by Gasteiger charge is -2.21. The summed E-state index contributed by atoms with van der Waals surface area (Å²) in [5.74, 6) is 0.443. The fourth-order valence-electron chi connectivity index (χ4n) is 3.14. The highest BCUT2D eigenvalue weighted by molar-refractivity contribution is 6.05. The van der Waals surface area contributed by atoms with Crippen molar-refractivity contribution >= 4 is 17.1 Å². The summed E-state index contributed by atoms with van der Waals surface area (Å²) < 4.78 is 20.9. The Kier molecular flexibility index (Phi) is 7.17. The van der Waals surface area contributed by atoms with Gasteiger partial charge in [0.05, 0.1) is 41.1 Å². The standard InChI is InChI=1S/C22H28FN7O/c1-5-31-22-16(7-6-8-25-22)18-9-19(26-11-15-12-27-30(4)13-15)21(28-14(2)3)20(29-18)17(24)10-23/h6-9,12-14,24,28H,5,10-11H2,1-4H3,(H,26,29). The van der Waals surface area contributed by atoms with E-state index < -0.39 is 6.67 Å². The molecule has 3 heterocycles. The first kappa shape index (κ1) is 22.2. The van der Waals surface area contributed by atoms with Crippen molar-refractivity contribution in [1.82, 2.24) is 19.7 Å². The summed E-state index contributed by atoms with van der Waals surface area (Å²) in [4.78, 5) is 8.93. The van der Waals surface area contributed by atoms with Gasteiger partial charge in [0, 0.05) is 37.6 Å². The Labute approximate surface area is 181 Å². The number of hydrogen-bond donors (Lipinski definition) is 3. The summed E-state index contributed by atoms with van der Waals surface area (Å²) in [6, 6.07) is 5.58. The molecule has 0 bridgehead atoms. The van der Waals surface area contributed by atoms with Crippen LogP contribution in [0.25, 0.3) is 11.3 Å². The molecule has 3 rings (SSSR count). The molecule has 0 aliphatic carbocycles. The van der Waals surface area contributed by atoms with Crippen LogP contribution in [0.1, 0.15) is 32.0 Å². The number of nitrogens with one attached hydrogen (secondary N) is 3. The maximum atomic E-state index is 13.5. The molecule has 3 aromatic rings. The van der Waals surface area contributed by atoms with Crippen LogP contribution in [0.4, 0.5) is 15.8 Å². The lowest BCUT2D eigenvalue weighted by Crippen LogP contribution is -2.18. The lowest BCUT2D eigenvalue weighted by molar-refractivity contribution is 0.328. The topological polar surface area (TPSA) is 101 Å². The van der Waals surface area contributed by atoms with Crippen LogP contribution in [-0.2, 0) is 13.6 Å². The highest BCUT2D eigenvalue weighted by atomic mass is 19.1. The van der Waals surface area contributed by atoms with E-state index in [2.05, 4.69) is 25.7 Å². The number of hydrogen-bond acceptors (Lipinski definition) is 7. The minimum absolute atomic E-state index is 0.0649. The van der Waals surface area contributed by atoms with E-state index in [1.54, 1.807) is 23.1 Å². The maximum absolute atomic E-state index is 13.5. The van der Waals surface area contributed by atoms with E-state index in [-0.39, 0.29) is 17.4 Å². The molecule has 0 aromatic carbocycles. The van der Waals surface area contributed by atoms with Crippen molar-refractivity contribution in [3.63, 3.8) is 0 Å². The SMILES string of the molecule is CCOc1ncccc1-c1cc(NCc2cnn(C)c2)c(NC(C)C)c(C(=N)CF)n1. The number of anilines is 2. The summed E-state index contributed by atoms with van der Waals surface area (Å²) in [7, 11) is 1.86. The second kappa shape index (κ2) is 10.0. The second-order valence-corrected chi connectivity index (χ2v) is 7.35. The number of aryl methyl sites for hydroxylation is 1. The first-order valence-corrected chi connectivity index (χ1v) is 10.2. The Morgan fingerprint density at radius 3 is 2.81 bits per heavy atom. The summed E-state index contributed by atoms with van der Waals surface area (Å²) in [5.41, 5.74) is 3.58. The van der Waals surface area contributed by atoms with Crippen molar-refractivity contribution in [2.24, 2.45) is 7.05 Å². The highest BCUT2D eigenvalue weighted by Crippen LogP contribution is 2.34. The molecule has 164 valence electrons. The van der Waals surface area contributed by atoms with Crippen LogP contribution in [0.2, 0.25) is 0 Å². The molecule has 0 atom stereocenters. The normalized spacial score (nSPS) is 10.9. The molecule has 0 unspecified atom stereocenters. The summed E-state index contributed by atoms with van der Waals surface area (Å²) in [6.45, 7) is 5.89. The summed E-state index contributed by atoms with van der Waals surface area (Å²) in [6.07, 6.45) is 5.35. The number of rotatable bonds is 10. The zero-order chi connectivity index (χ0) is 22.4. The Morgan fingerprint density at radius 1 is 1.35 bits per heavy atom. The van der Waals surface area contributed by atoms with Crippen LogP contribution in [0.3, 0.4) is 0 Å². The number of alkyl halides is 1. The molecule has 0 saturated carbocycles. The van der Waals surface area contributed by atoms with Crippen molar-refractivity contribution in [2.45, 2.75) is 33.4 Å². The molecule has 31 heavy (non-hydrogen) atoms. The molecule has 0 amide bonds. The van der Waals surface area contributed by atoms with Gasteiger partial charge in [-0.3, -0.25) is 4.68 Å². The third kappa shape index (κ3) is 5.36. The van der Waals surface area contributed by atoms with Crippen LogP contribution in [0.5, 0.6) is 5.88 Å². The van der Waals surface area contributed by atoms with Gasteiger partial charge in [-0.2, -0.15) is 5.10 Å². The van der Waals surface area contributed by atoms with Crippen LogP contribution in [0.15, 0.2) is 36.8 Å². The minimum atomic E-state index is -0.920. The molecule has 0 fully saturated rings. The Morgan fingerprint density at radius 2 is 2.16 bits per heavy atom. The molecule has 3 aromatic heterocycles. The van der Waals surface area contributed by atoms with E-state index in [9.17, 15) is 4.39 Å². The Bertz CT molecular complexity index is 1050. The van der Waals surface area contributed by atoms with Crippen molar-refractivity contribution in [3.8, 4) is 17.1 Å². The second-order valence-electron chi connectivity index (χ2n) is 7.35. The lowest BCUT2D eigenvalue weighted by atomic mass is 10.1. The largest absolute Gasteiger partial charge is 0.477 e. The van der Waals surface area contributed by atoms with Gasteiger partial charge in [-0.05, 0) is 39.0 Å². The van der Waals surface area contributed by atoms with Gasteiger partial charge in [-0.1, -0.05) is 0 Å². The van der Waals surface area contributed by atoms with Crippen LogP contribution >= 0.6 is 0 Å². The van der Waals surface area contributed by atoms with E-state index in [4.69, 9.17) is 10.1 Å². The average Bonchev–Trinajstić information content (AvgIpc) is 3.17. The zero-order valence-electron chi connectivity index (χ0n) is 18.2. The summed E-state index contributed by atoms with van der Waals surface area (Å²) >= 11 is 0. The third-order valence-electron chi connectivity index (χ3n) is 4.44. The number of nitrogens with zero attached hydrogens (tertiary/aromatic N) is 4. The first-order chi connectivity index (χ1) is 14.9. The fraction of sp³-hybridized carbons (Fsp3) is 0.364. The maximum Gasteiger partial charge on any atom is 0.222 e. The molecule has 0 aliphatic heterocycles. The van der Waals surface area contributed by atoms with E-state index in [0.29, 0.717) is 41.7 Å². The first-order valence-electron chi connectivity index (χ1n) is 10.2. The van der Waals surface area contributed by atoms with Crippen LogP contribution in [-0.4, -0.2) is 44.8 Å². The number of pyridine rings is 2. The third-order valence-corrected chi connectivity index (χ3v) is 4.44. The smallest absolute Gasteiger partial charge is 0.222 e. The highest BCUT2D eigenvalue weighted by Gasteiger charge is 2.20. The van der Waals surface area contributed by atoms with E-state index in [0.717, 1.165) is 5.56 Å². The Balaban J connectivity index is 2.12. The van der Waals surface area contributed by atoms with Gasteiger partial charge < -0.3 is 20.8 Å². The van der Waals surface area contributed by atoms with Gasteiger partial charge in [0.2, 0.25) is 5.88 Å². The van der Waals surface area contributed by atoms with E-state index in [1.165, 1.54) is 0 Å². The van der Waals surface area contributed by atoms with Crippen molar-refractivity contribution in [2.75, 3.05) is 23.9 Å². The molecular weight excluding hydrogens is 397 g/mol. The zero-order valence-corrected chi connectivity index (χ0v) is 18.2. The molecular formula is C22H28FN7O. The molecule has 8 nitrogen and oxygen atoms in total. The minimum Gasteiger partial charge on any atom is -0.477 e. The van der Waals surface area contributed by atoms with Crippen LogP contribution in [0, 0.1) is 5.41 Å². The van der Waals surface area contributed by atoms with Gasteiger partial charge in [0.15, 0.2) is 0 Å². The fourth-order valence-corrected chi connectivity index (χ4v) is 3.14. The Hall–Kier alpha value is -3.49. The molecule has 0 saturated heterocycles. The average molecular weight is 426 g/mol. The van der Waals surface area contributed by atoms with Gasteiger partial charge in [0.25, 0.3) is 0 Å². The van der Waals surface area contributed by atoms with Gasteiger partial charge in [-0.15, -0.1) is 0 Å². The number of ether oxygens (including phenoxy) is 1. The van der Waals surface area contributed by atoms with Gasteiger partial charge >= 0.3 is 0 Å². The predicted octanol–water partition coefficient (Wildman–Crippen LogP) is 4.05. The molecule has 9 heteroatoms. The van der Waals surface area contributed by atoms with Crippen molar-refractivity contribution < 1.29 is 9.13 Å². The monoisotopic (exact) mass is 425 g/mol. The summed E-state index contributed by atoms with van der Waals surface area (Å²) in [5, 5.41) is 19.1. The molecule has 0 aliphatic rings. The molecule has 0 spiro atoms. The van der Waals surface area contributed by atoms with Crippen LogP contribution < -0.4 is 15.4 Å².